The summed E-state index contributed by atoms with van der Waals surface area (Å²) in [6, 6.07) is 5.02. The van der Waals surface area contributed by atoms with Crippen molar-refractivity contribution in [3.8, 4) is 0 Å². The van der Waals surface area contributed by atoms with Crippen LogP contribution in [0.15, 0.2) is 18.2 Å². The normalized spacial score (nSPS) is 20.0. The molecule has 7 heteroatoms. The first kappa shape index (κ1) is 18.1. The molecule has 0 aromatic heterocycles. The van der Waals surface area contributed by atoms with Gasteiger partial charge in [-0.15, -0.1) is 0 Å². The Bertz CT molecular complexity index is 581. The van der Waals surface area contributed by atoms with E-state index in [-0.39, 0.29) is 10.6 Å². The number of nitrogens with zero attached hydrogens (tertiary/aromatic N) is 2. The lowest BCUT2D eigenvalue weighted by atomic mass is 10.0. The Kier molecular flexibility index (Phi) is 6.23. The topological polar surface area (TPSA) is 74.1 Å². The van der Waals surface area contributed by atoms with Crippen LogP contribution in [-0.4, -0.2) is 50.5 Å². The fraction of sp³-hybridized carbons (Fsp3) is 0.667. The minimum absolute atomic E-state index is 0.105. The first-order valence-electron chi connectivity index (χ1n) is 8.92. The van der Waals surface area contributed by atoms with Gasteiger partial charge in [-0.05, 0) is 31.7 Å². The summed E-state index contributed by atoms with van der Waals surface area (Å²) in [7, 11) is 1.61. The summed E-state index contributed by atoms with van der Waals surface area (Å²) in [6.07, 6.45) is 4.54. The highest BCUT2D eigenvalue weighted by Crippen LogP contribution is 2.29. The van der Waals surface area contributed by atoms with Crippen molar-refractivity contribution in [1.82, 2.24) is 0 Å². The second-order valence-corrected chi connectivity index (χ2v) is 6.64. The Hall–Kier alpha value is -1.70. The van der Waals surface area contributed by atoms with Crippen LogP contribution in [0.5, 0.6) is 0 Å². The summed E-state index contributed by atoms with van der Waals surface area (Å²) in [5.41, 5.74) is 1.99. The maximum Gasteiger partial charge on any atom is 0.269 e. The molecule has 0 spiro atoms. The molecule has 0 saturated carbocycles. The van der Waals surface area contributed by atoms with Crippen LogP contribution in [0.3, 0.4) is 0 Å². The zero-order valence-electron chi connectivity index (χ0n) is 14.7. The van der Waals surface area contributed by atoms with Gasteiger partial charge in [-0.25, -0.2) is 0 Å². The molecule has 0 unspecified atom stereocenters. The van der Waals surface area contributed by atoms with Crippen LogP contribution in [0.1, 0.15) is 31.2 Å². The Labute approximate surface area is 148 Å². The summed E-state index contributed by atoms with van der Waals surface area (Å²) in [5.74, 6) is 0. The average Bonchev–Trinajstić information content (AvgIpc) is 2.63. The van der Waals surface area contributed by atoms with Gasteiger partial charge in [0.1, 0.15) is 0 Å². The number of piperidine rings is 1. The molecule has 0 N–H and O–H groups in total. The Morgan fingerprint density at radius 1 is 1.20 bits per heavy atom. The lowest BCUT2D eigenvalue weighted by molar-refractivity contribution is -0.384. The smallest absolute Gasteiger partial charge is 0.269 e. The number of ether oxygens (including phenoxy) is 3. The molecule has 1 aromatic rings. The highest BCUT2D eigenvalue weighted by Gasteiger charge is 2.25. The van der Waals surface area contributed by atoms with E-state index in [1.54, 1.807) is 19.2 Å². The molecule has 2 aliphatic rings. The van der Waals surface area contributed by atoms with Crippen LogP contribution < -0.4 is 4.90 Å². The fourth-order valence-corrected chi connectivity index (χ4v) is 3.58. The Morgan fingerprint density at radius 3 is 2.52 bits per heavy atom. The van der Waals surface area contributed by atoms with Crippen molar-refractivity contribution < 1.29 is 19.1 Å². The predicted octanol–water partition coefficient (Wildman–Crippen LogP) is 2.91. The van der Waals surface area contributed by atoms with Crippen molar-refractivity contribution in [1.29, 1.82) is 0 Å². The van der Waals surface area contributed by atoms with E-state index in [1.807, 2.05) is 6.07 Å². The minimum atomic E-state index is -0.364. The predicted molar refractivity (Wildman–Crippen MR) is 94.0 cm³/mol. The van der Waals surface area contributed by atoms with Crippen molar-refractivity contribution in [2.45, 2.75) is 44.5 Å². The molecule has 0 radical (unpaired) electrons. The van der Waals surface area contributed by atoms with Gasteiger partial charge in [0.25, 0.3) is 5.69 Å². The number of hydrogen-bond donors (Lipinski definition) is 0. The summed E-state index contributed by atoms with van der Waals surface area (Å²) >= 11 is 0. The van der Waals surface area contributed by atoms with Crippen molar-refractivity contribution in [2.75, 3.05) is 38.3 Å². The number of rotatable bonds is 6. The molecule has 2 saturated heterocycles. The Balaban J connectivity index is 1.60. The van der Waals surface area contributed by atoms with Gasteiger partial charge in [0.15, 0.2) is 0 Å². The van der Waals surface area contributed by atoms with Gasteiger partial charge in [-0.3, -0.25) is 10.1 Å². The highest BCUT2D eigenvalue weighted by atomic mass is 16.6. The van der Waals surface area contributed by atoms with E-state index < -0.39 is 0 Å². The average molecular weight is 350 g/mol. The summed E-state index contributed by atoms with van der Waals surface area (Å²) in [6.45, 7) is 3.75. The minimum Gasteiger partial charge on any atom is -0.381 e. The standard InChI is InChI=1S/C18H26N2O5/c1-23-13-14-12-15(20(21)22)2-3-18(14)19-8-4-16(5-9-19)25-17-6-10-24-11-7-17/h2-3,12,16-17H,4-11,13H2,1H3. The van der Waals surface area contributed by atoms with Crippen molar-refractivity contribution in [3.63, 3.8) is 0 Å². The third-order valence-corrected chi connectivity index (χ3v) is 4.91. The molecule has 2 aliphatic heterocycles. The molecule has 2 fully saturated rings. The second kappa shape index (κ2) is 8.60. The number of benzene rings is 1. The van der Waals surface area contributed by atoms with Gasteiger partial charge < -0.3 is 19.1 Å². The van der Waals surface area contributed by atoms with Crippen LogP contribution in [0, 0.1) is 10.1 Å². The van der Waals surface area contributed by atoms with E-state index >= 15 is 0 Å². The maximum atomic E-state index is 11.0. The van der Waals surface area contributed by atoms with Gasteiger partial charge in [-0.1, -0.05) is 0 Å². The molecule has 2 heterocycles. The van der Waals surface area contributed by atoms with Gasteiger partial charge >= 0.3 is 0 Å². The van der Waals surface area contributed by atoms with E-state index in [2.05, 4.69) is 4.90 Å². The van der Waals surface area contributed by atoms with Crippen LogP contribution in [-0.2, 0) is 20.8 Å². The van der Waals surface area contributed by atoms with E-state index in [9.17, 15) is 10.1 Å². The SMILES string of the molecule is COCc1cc([N+](=O)[O-])ccc1N1CCC(OC2CCOCC2)CC1. The quantitative estimate of drug-likeness (QED) is 0.580. The molecule has 7 nitrogen and oxygen atoms in total. The van der Waals surface area contributed by atoms with E-state index in [0.29, 0.717) is 18.8 Å². The summed E-state index contributed by atoms with van der Waals surface area (Å²) in [4.78, 5) is 12.9. The second-order valence-electron chi connectivity index (χ2n) is 6.64. The Morgan fingerprint density at radius 2 is 1.88 bits per heavy atom. The van der Waals surface area contributed by atoms with Gasteiger partial charge in [0.2, 0.25) is 0 Å². The number of methoxy groups -OCH3 is 1. The van der Waals surface area contributed by atoms with Crippen LogP contribution in [0.4, 0.5) is 11.4 Å². The van der Waals surface area contributed by atoms with Gasteiger partial charge in [0, 0.05) is 56.8 Å². The molecule has 0 amide bonds. The third kappa shape index (κ3) is 4.68. The van der Waals surface area contributed by atoms with Gasteiger partial charge in [-0.2, -0.15) is 0 Å². The van der Waals surface area contributed by atoms with E-state index in [1.165, 1.54) is 0 Å². The molecule has 3 rings (SSSR count). The number of nitro benzene ring substituents is 1. The lowest BCUT2D eigenvalue weighted by Crippen LogP contribution is -2.39. The molecule has 138 valence electrons. The molecule has 0 bridgehead atoms. The van der Waals surface area contributed by atoms with Crippen molar-refractivity contribution in [3.05, 3.63) is 33.9 Å². The number of hydrogen-bond acceptors (Lipinski definition) is 6. The summed E-state index contributed by atoms with van der Waals surface area (Å²) in [5, 5.41) is 11.0. The number of non-ortho nitro benzene ring substituents is 1. The zero-order chi connectivity index (χ0) is 17.6. The lowest BCUT2D eigenvalue weighted by Gasteiger charge is -2.36. The fourth-order valence-electron chi connectivity index (χ4n) is 3.58. The molecular weight excluding hydrogens is 324 g/mol. The van der Waals surface area contributed by atoms with Crippen LogP contribution >= 0.6 is 0 Å². The molecular formula is C18H26N2O5. The van der Waals surface area contributed by atoms with Crippen molar-refractivity contribution >= 4 is 11.4 Å². The first-order chi connectivity index (χ1) is 12.2. The third-order valence-electron chi connectivity index (χ3n) is 4.91. The maximum absolute atomic E-state index is 11.0. The summed E-state index contributed by atoms with van der Waals surface area (Å²) < 4.78 is 16.8. The monoisotopic (exact) mass is 350 g/mol. The molecule has 0 atom stereocenters. The van der Waals surface area contributed by atoms with Gasteiger partial charge in [0.05, 0.1) is 23.7 Å². The largest absolute Gasteiger partial charge is 0.381 e. The number of anilines is 1. The van der Waals surface area contributed by atoms with Crippen LogP contribution in [0.25, 0.3) is 0 Å². The van der Waals surface area contributed by atoms with Crippen LogP contribution in [0.2, 0.25) is 0 Å². The number of nitro groups is 1. The first-order valence-corrected chi connectivity index (χ1v) is 8.92. The molecule has 1 aromatic carbocycles. The van der Waals surface area contributed by atoms with E-state index in [4.69, 9.17) is 14.2 Å². The molecule has 25 heavy (non-hydrogen) atoms. The van der Waals surface area contributed by atoms with Crippen molar-refractivity contribution in [2.24, 2.45) is 0 Å². The van der Waals surface area contributed by atoms with E-state index in [0.717, 1.165) is 63.2 Å². The highest BCUT2D eigenvalue weighted by molar-refractivity contribution is 5.58. The zero-order valence-corrected chi connectivity index (χ0v) is 14.7. The molecule has 0 aliphatic carbocycles.